The lowest BCUT2D eigenvalue weighted by Gasteiger charge is -2.13. The fourth-order valence-corrected chi connectivity index (χ4v) is 3.40. The zero-order valence-corrected chi connectivity index (χ0v) is 14.8. The van der Waals surface area contributed by atoms with Gasteiger partial charge in [0, 0.05) is 7.11 Å². The van der Waals surface area contributed by atoms with Gasteiger partial charge in [0.2, 0.25) is 0 Å². The third-order valence-electron chi connectivity index (χ3n) is 2.72. The van der Waals surface area contributed by atoms with Gasteiger partial charge in [-0.25, -0.2) is 0 Å². The maximum absolute atomic E-state index is 10.3. The van der Waals surface area contributed by atoms with Crippen LogP contribution in [-0.4, -0.2) is 25.4 Å². The van der Waals surface area contributed by atoms with Crippen molar-refractivity contribution in [3.63, 3.8) is 0 Å². The summed E-state index contributed by atoms with van der Waals surface area (Å²) in [5.41, 5.74) is 1.70. The molecule has 0 saturated heterocycles. The van der Waals surface area contributed by atoms with E-state index in [9.17, 15) is 5.11 Å². The number of ether oxygens (including phenoxy) is 2. The predicted molar refractivity (Wildman–Crippen MR) is 87.6 cm³/mol. The van der Waals surface area contributed by atoms with Gasteiger partial charge in [-0.1, -0.05) is 6.07 Å². The number of aliphatic hydroxyl groups excluding tert-OH is 1. The predicted octanol–water partition coefficient (Wildman–Crippen LogP) is 4.38. The Morgan fingerprint density at radius 3 is 2.60 bits per heavy atom. The lowest BCUT2D eigenvalue weighted by molar-refractivity contribution is 0.146. The van der Waals surface area contributed by atoms with Crippen molar-refractivity contribution in [1.29, 1.82) is 0 Å². The van der Waals surface area contributed by atoms with Crippen LogP contribution in [0.2, 0.25) is 0 Å². The Balaban J connectivity index is 2.12. The largest absolute Gasteiger partial charge is 0.490 e. The van der Waals surface area contributed by atoms with Gasteiger partial charge >= 0.3 is 0 Å². The van der Waals surface area contributed by atoms with Crippen molar-refractivity contribution in [2.75, 3.05) is 20.3 Å². The van der Waals surface area contributed by atoms with E-state index in [1.54, 1.807) is 18.4 Å². The molecule has 0 aliphatic carbocycles. The minimum atomic E-state index is -0.637. The van der Waals surface area contributed by atoms with E-state index in [1.165, 1.54) is 0 Å². The second-order valence-corrected chi connectivity index (χ2v) is 7.26. The standard InChI is InChI=1S/C14H14Br2O3S/c1-18-4-5-19-12-3-2-9(6-11(12)15)14(17)10-7-13(16)20-8-10/h2-3,6-8,14,17H,4-5H2,1H3. The average molecular weight is 422 g/mol. The lowest BCUT2D eigenvalue weighted by Crippen LogP contribution is -2.05. The van der Waals surface area contributed by atoms with E-state index < -0.39 is 6.10 Å². The highest BCUT2D eigenvalue weighted by atomic mass is 79.9. The van der Waals surface area contributed by atoms with Crippen LogP contribution in [0, 0.1) is 0 Å². The summed E-state index contributed by atoms with van der Waals surface area (Å²) >= 11 is 8.42. The first-order chi connectivity index (χ1) is 9.61. The Hall–Kier alpha value is -0.400. The molecule has 0 fully saturated rings. The van der Waals surface area contributed by atoms with E-state index in [0.717, 1.165) is 25.1 Å². The number of halogens is 2. The molecular formula is C14H14Br2O3S. The molecule has 0 spiro atoms. The minimum absolute atomic E-state index is 0.495. The Morgan fingerprint density at radius 2 is 2.00 bits per heavy atom. The Labute approximate surface area is 138 Å². The van der Waals surface area contributed by atoms with Crippen molar-refractivity contribution < 1.29 is 14.6 Å². The first kappa shape index (κ1) is 16.0. The van der Waals surface area contributed by atoms with Crippen LogP contribution in [0.4, 0.5) is 0 Å². The van der Waals surface area contributed by atoms with Crippen LogP contribution in [0.25, 0.3) is 0 Å². The maximum atomic E-state index is 10.3. The second kappa shape index (κ2) is 7.56. The van der Waals surface area contributed by atoms with E-state index in [4.69, 9.17) is 9.47 Å². The molecule has 0 saturated carbocycles. The average Bonchev–Trinajstić information content (AvgIpc) is 2.86. The van der Waals surface area contributed by atoms with Crippen LogP contribution in [0.15, 0.2) is 37.9 Å². The normalized spacial score (nSPS) is 12.4. The van der Waals surface area contributed by atoms with E-state index >= 15 is 0 Å². The van der Waals surface area contributed by atoms with Gasteiger partial charge in [-0.05, 0) is 66.6 Å². The molecule has 1 aromatic carbocycles. The minimum Gasteiger partial charge on any atom is -0.490 e. The topological polar surface area (TPSA) is 38.7 Å². The highest BCUT2D eigenvalue weighted by Crippen LogP contribution is 2.33. The quantitative estimate of drug-likeness (QED) is 0.703. The van der Waals surface area contributed by atoms with Crippen molar-refractivity contribution in [2.45, 2.75) is 6.10 Å². The molecule has 1 atom stereocenters. The second-order valence-electron chi connectivity index (χ2n) is 4.12. The Morgan fingerprint density at radius 1 is 1.20 bits per heavy atom. The van der Waals surface area contributed by atoms with Crippen LogP contribution < -0.4 is 4.74 Å². The molecule has 2 aromatic rings. The van der Waals surface area contributed by atoms with Crippen molar-refractivity contribution >= 4 is 43.2 Å². The SMILES string of the molecule is COCCOc1ccc(C(O)c2csc(Br)c2)cc1Br. The summed E-state index contributed by atoms with van der Waals surface area (Å²) in [6.45, 7) is 1.04. The van der Waals surface area contributed by atoms with Gasteiger partial charge in [0.25, 0.3) is 0 Å². The summed E-state index contributed by atoms with van der Waals surface area (Å²) in [5.74, 6) is 0.740. The van der Waals surface area contributed by atoms with Crippen LogP contribution in [0.5, 0.6) is 5.75 Å². The smallest absolute Gasteiger partial charge is 0.133 e. The van der Waals surface area contributed by atoms with Crippen molar-refractivity contribution in [1.82, 2.24) is 0 Å². The summed E-state index contributed by atoms with van der Waals surface area (Å²) in [5, 5.41) is 12.3. The molecule has 1 aromatic heterocycles. The van der Waals surface area contributed by atoms with Crippen molar-refractivity contribution in [3.05, 3.63) is 49.0 Å². The zero-order valence-electron chi connectivity index (χ0n) is 10.8. The van der Waals surface area contributed by atoms with Gasteiger partial charge in [-0.2, -0.15) is 0 Å². The third-order valence-corrected chi connectivity index (χ3v) is 4.86. The number of hydrogen-bond donors (Lipinski definition) is 1. The number of methoxy groups -OCH3 is 1. The zero-order chi connectivity index (χ0) is 14.5. The monoisotopic (exact) mass is 420 g/mol. The molecule has 20 heavy (non-hydrogen) atoms. The summed E-state index contributed by atoms with van der Waals surface area (Å²) in [6.07, 6.45) is -0.637. The number of aliphatic hydroxyl groups is 1. The number of rotatable bonds is 6. The van der Waals surface area contributed by atoms with Gasteiger partial charge in [0.05, 0.1) is 14.9 Å². The number of hydrogen-bond acceptors (Lipinski definition) is 4. The highest BCUT2D eigenvalue weighted by molar-refractivity contribution is 9.11. The fraction of sp³-hybridized carbons (Fsp3) is 0.286. The summed E-state index contributed by atoms with van der Waals surface area (Å²) in [7, 11) is 1.64. The first-order valence-electron chi connectivity index (χ1n) is 5.95. The number of thiophene rings is 1. The maximum Gasteiger partial charge on any atom is 0.133 e. The number of benzene rings is 1. The van der Waals surface area contributed by atoms with Gasteiger partial charge in [0.15, 0.2) is 0 Å². The van der Waals surface area contributed by atoms with Crippen molar-refractivity contribution in [2.24, 2.45) is 0 Å². The molecule has 0 aliphatic rings. The molecule has 0 radical (unpaired) electrons. The molecule has 1 heterocycles. The van der Waals surface area contributed by atoms with Gasteiger partial charge < -0.3 is 14.6 Å². The summed E-state index contributed by atoms with van der Waals surface area (Å²) < 4.78 is 12.3. The third kappa shape index (κ3) is 4.05. The molecule has 0 amide bonds. The lowest BCUT2D eigenvalue weighted by atomic mass is 10.0. The van der Waals surface area contributed by atoms with E-state index in [-0.39, 0.29) is 0 Å². The van der Waals surface area contributed by atoms with Crippen molar-refractivity contribution in [3.8, 4) is 5.75 Å². The van der Waals surface area contributed by atoms with Gasteiger partial charge in [0.1, 0.15) is 18.5 Å². The molecule has 1 unspecified atom stereocenters. The van der Waals surface area contributed by atoms with E-state index in [1.807, 2.05) is 29.6 Å². The molecule has 2 rings (SSSR count). The first-order valence-corrected chi connectivity index (χ1v) is 8.41. The van der Waals surface area contributed by atoms with Crippen LogP contribution in [0.1, 0.15) is 17.2 Å². The van der Waals surface area contributed by atoms with Crippen LogP contribution in [-0.2, 0) is 4.74 Å². The van der Waals surface area contributed by atoms with Crippen LogP contribution >= 0.6 is 43.2 Å². The summed E-state index contributed by atoms with van der Waals surface area (Å²) in [6, 6.07) is 7.51. The Kier molecular flexibility index (Phi) is 6.04. The molecular weight excluding hydrogens is 408 g/mol. The highest BCUT2D eigenvalue weighted by Gasteiger charge is 2.14. The van der Waals surface area contributed by atoms with E-state index in [0.29, 0.717) is 13.2 Å². The fourth-order valence-electron chi connectivity index (χ4n) is 1.70. The molecule has 1 N–H and O–H groups in total. The molecule has 3 nitrogen and oxygen atoms in total. The molecule has 0 aliphatic heterocycles. The molecule has 0 bridgehead atoms. The van der Waals surface area contributed by atoms with Gasteiger partial charge in [-0.3, -0.25) is 0 Å². The molecule has 6 heteroatoms. The van der Waals surface area contributed by atoms with Crippen LogP contribution in [0.3, 0.4) is 0 Å². The summed E-state index contributed by atoms with van der Waals surface area (Å²) in [4.78, 5) is 0. The van der Waals surface area contributed by atoms with Gasteiger partial charge in [-0.15, -0.1) is 11.3 Å². The molecule has 108 valence electrons. The van der Waals surface area contributed by atoms with E-state index in [2.05, 4.69) is 31.9 Å². The Bertz CT molecular complexity index is 571.